The van der Waals surface area contributed by atoms with Gasteiger partial charge in [-0.15, -0.1) is 0 Å². The fraction of sp³-hybridized carbons (Fsp3) is 0.308. The molecule has 0 amide bonds. The third kappa shape index (κ3) is 4.17. The molecular weight excluding hydrogens is 452 g/mol. The number of nitrogens with one attached hydrogen (secondary N) is 1. The van der Waals surface area contributed by atoms with E-state index >= 15 is 0 Å². The van der Waals surface area contributed by atoms with E-state index in [1.54, 1.807) is 13.3 Å². The van der Waals surface area contributed by atoms with Crippen LogP contribution in [-0.2, 0) is 13.0 Å². The number of benzene rings is 2. The van der Waals surface area contributed by atoms with Crippen molar-refractivity contribution in [3.63, 3.8) is 0 Å². The Morgan fingerprint density at radius 1 is 1.29 bits per heavy atom. The molecule has 5 rings (SSSR count). The molecule has 34 heavy (non-hydrogen) atoms. The Hall–Kier alpha value is -3.29. The molecule has 0 unspecified atom stereocenters. The molecule has 8 heteroatoms. The molecule has 1 aliphatic rings. The fourth-order valence-corrected chi connectivity index (χ4v) is 4.73. The number of methoxy groups -OCH3 is 1. The Labute approximate surface area is 203 Å². The molecule has 0 bridgehead atoms. The third-order valence-corrected chi connectivity index (χ3v) is 6.59. The van der Waals surface area contributed by atoms with Gasteiger partial charge < -0.3 is 18.9 Å². The van der Waals surface area contributed by atoms with Crippen molar-refractivity contribution in [2.45, 2.75) is 13.0 Å². The van der Waals surface area contributed by atoms with E-state index in [1.807, 2.05) is 50.6 Å². The SMILES string of the molecule is COc1[nH]ncc1-c1ccc2c(C(=O)[C@@H]3COc4ccc(Cl)cc4C3)cn(CCN(C)C)c2c1. The van der Waals surface area contributed by atoms with Crippen LogP contribution in [0.5, 0.6) is 11.6 Å². The smallest absolute Gasteiger partial charge is 0.216 e. The number of halogens is 1. The van der Waals surface area contributed by atoms with Crippen molar-refractivity contribution in [2.24, 2.45) is 5.92 Å². The molecule has 0 saturated carbocycles. The number of nitrogens with zero attached hydrogens (tertiary/aromatic N) is 3. The summed E-state index contributed by atoms with van der Waals surface area (Å²) in [5, 5.41) is 8.57. The number of ketones is 1. The van der Waals surface area contributed by atoms with Gasteiger partial charge in [-0.2, -0.15) is 5.10 Å². The lowest BCUT2D eigenvalue weighted by molar-refractivity contribution is 0.0856. The van der Waals surface area contributed by atoms with Crippen LogP contribution in [-0.4, -0.2) is 59.8 Å². The molecule has 1 N–H and O–H groups in total. The zero-order valence-corrected chi connectivity index (χ0v) is 20.2. The molecule has 4 aromatic rings. The Morgan fingerprint density at radius 2 is 2.15 bits per heavy atom. The number of Topliss-reactive ketones (excluding diaryl/α,β-unsaturated/α-hetero) is 1. The maximum atomic E-state index is 13.7. The average molecular weight is 479 g/mol. The molecule has 0 saturated heterocycles. The molecule has 0 spiro atoms. The second kappa shape index (κ2) is 9.16. The second-order valence-corrected chi connectivity index (χ2v) is 9.35. The molecule has 3 heterocycles. The summed E-state index contributed by atoms with van der Waals surface area (Å²) in [6.45, 7) is 1.99. The van der Waals surface area contributed by atoms with Gasteiger partial charge in [-0.1, -0.05) is 23.7 Å². The van der Waals surface area contributed by atoms with Crippen molar-refractivity contribution < 1.29 is 14.3 Å². The average Bonchev–Trinajstić information content (AvgIpc) is 3.46. The molecule has 0 aliphatic carbocycles. The van der Waals surface area contributed by atoms with Gasteiger partial charge in [-0.3, -0.25) is 4.79 Å². The number of carbonyl (C=O) groups is 1. The van der Waals surface area contributed by atoms with E-state index < -0.39 is 0 Å². The van der Waals surface area contributed by atoms with Crippen molar-refractivity contribution >= 4 is 28.3 Å². The molecule has 2 aromatic heterocycles. The third-order valence-electron chi connectivity index (χ3n) is 6.36. The van der Waals surface area contributed by atoms with Crippen LogP contribution in [0.3, 0.4) is 0 Å². The summed E-state index contributed by atoms with van der Waals surface area (Å²) < 4.78 is 13.5. The molecule has 1 atom stereocenters. The Morgan fingerprint density at radius 3 is 2.94 bits per heavy atom. The number of likely N-dealkylation sites (N-methyl/N-ethyl adjacent to an activating group) is 1. The number of carbonyl (C=O) groups excluding carboxylic acids is 1. The Bertz CT molecular complexity index is 1360. The number of hydrogen-bond donors (Lipinski definition) is 1. The van der Waals surface area contributed by atoms with Gasteiger partial charge in [0.15, 0.2) is 5.78 Å². The minimum absolute atomic E-state index is 0.0906. The van der Waals surface area contributed by atoms with E-state index in [0.717, 1.165) is 52.0 Å². The predicted octanol–water partition coefficient (Wildman–Crippen LogP) is 4.69. The largest absolute Gasteiger partial charge is 0.493 e. The van der Waals surface area contributed by atoms with Crippen molar-refractivity contribution in [3.05, 3.63) is 64.9 Å². The van der Waals surface area contributed by atoms with Crippen molar-refractivity contribution in [1.29, 1.82) is 0 Å². The van der Waals surface area contributed by atoms with Crippen LogP contribution in [0.15, 0.2) is 48.8 Å². The predicted molar refractivity (Wildman–Crippen MR) is 133 cm³/mol. The van der Waals surface area contributed by atoms with Gasteiger partial charge in [-0.25, -0.2) is 5.10 Å². The van der Waals surface area contributed by atoms with Crippen molar-refractivity contribution in [1.82, 2.24) is 19.7 Å². The molecule has 7 nitrogen and oxygen atoms in total. The normalized spacial score (nSPS) is 15.4. The molecular formula is C26H27ClN4O3. The molecule has 0 fully saturated rings. The van der Waals surface area contributed by atoms with Gasteiger partial charge in [0.2, 0.25) is 5.88 Å². The monoisotopic (exact) mass is 478 g/mol. The quantitative estimate of drug-likeness (QED) is 0.390. The highest BCUT2D eigenvalue weighted by atomic mass is 35.5. The maximum absolute atomic E-state index is 13.7. The summed E-state index contributed by atoms with van der Waals surface area (Å²) in [5.74, 6) is 1.25. The zero-order chi connectivity index (χ0) is 23.8. The van der Waals surface area contributed by atoms with Crippen molar-refractivity contribution in [3.8, 4) is 22.8 Å². The number of aromatic nitrogens is 3. The second-order valence-electron chi connectivity index (χ2n) is 8.92. The summed E-state index contributed by atoms with van der Waals surface area (Å²) in [5.41, 5.74) is 4.56. The van der Waals surface area contributed by atoms with E-state index in [4.69, 9.17) is 21.1 Å². The van der Waals surface area contributed by atoms with Gasteiger partial charge >= 0.3 is 0 Å². The first-order chi connectivity index (χ1) is 16.4. The van der Waals surface area contributed by atoms with E-state index in [9.17, 15) is 4.79 Å². The Kier molecular flexibility index (Phi) is 6.06. The minimum Gasteiger partial charge on any atom is -0.493 e. The number of ether oxygens (including phenoxy) is 2. The topological polar surface area (TPSA) is 72.4 Å². The summed E-state index contributed by atoms with van der Waals surface area (Å²) >= 11 is 6.18. The minimum atomic E-state index is -0.257. The van der Waals surface area contributed by atoms with Crippen molar-refractivity contribution in [2.75, 3.05) is 34.4 Å². The van der Waals surface area contributed by atoms with Crippen LogP contribution < -0.4 is 9.47 Å². The number of H-pyrrole nitrogens is 1. The lowest BCUT2D eigenvalue weighted by Crippen LogP contribution is -2.28. The van der Waals surface area contributed by atoms with Crippen LogP contribution in [0.2, 0.25) is 5.02 Å². The number of aromatic amines is 1. The van der Waals surface area contributed by atoms with Gasteiger partial charge in [0.1, 0.15) is 5.75 Å². The van der Waals surface area contributed by atoms with E-state index in [0.29, 0.717) is 23.9 Å². The highest BCUT2D eigenvalue weighted by molar-refractivity contribution is 6.30. The van der Waals surface area contributed by atoms with Gasteiger partial charge in [0.25, 0.3) is 0 Å². The summed E-state index contributed by atoms with van der Waals surface area (Å²) in [7, 11) is 5.70. The summed E-state index contributed by atoms with van der Waals surface area (Å²) in [4.78, 5) is 15.8. The van der Waals surface area contributed by atoms with E-state index in [-0.39, 0.29) is 11.7 Å². The maximum Gasteiger partial charge on any atom is 0.216 e. The van der Waals surface area contributed by atoms with Crippen LogP contribution in [0.25, 0.3) is 22.0 Å². The molecule has 1 aliphatic heterocycles. The van der Waals surface area contributed by atoms with Crippen LogP contribution in [0.1, 0.15) is 15.9 Å². The van der Waals surface area contributed by atoms with Crippen LogP contribution in [0, 0.1) is 5.92 Å². The molecule has 2 aromatic carbocycles. The Balaban J connectivity index is 1.53. The number of rotatable bonds is 7. The van der Waals surface area contributed by atoms with Crippen LogP contribution in [0.4, 0.5) is 0 Å². The number of fused-ring (bicyclic) bond motifs is 2. The highest BCUT2D eigenvalue weighted by Gasteiger charge is 2.29. The fourth-order valence-electron chi connectivity index (χ4n) is 4.54. The first-order valence-corrected chi connectivity index (χ1v) is 11.6. The first kappa shape index (κ1) is 22.5. The first-order valence-electron chi connectivity index (χ1n) is 11.3. The lowest BCUT2D eigenvalue weighted by atomic mass is 9.89. The van der Waals surface area contributed by atoms with Crippen LogP contribution >= 0.6 is 11.6 Å². The number of hydrogen-bond acceptors (Lipinski definition) is 5. The van der Waals surface area contributed by atoms with E-state index in [1.165, 1.54) is 0 Å². The standard InChI is InChI=1S/C26H27ClN4O3/c1-30(2)8-9-31-14-22(25(32)18-10-17-11-19(27)5-7-24(17)34-15-18)20-6-4-16(12-23(20)31)21-13-28-29-26(21)33-3/h4-7,11-14,18H,8-10,15H2,1-3H3,(H,28,29)/t18-/m0/s1. The molecule has 0 radical (unpaired) electrons. The lowest BCUT2D eigenvalue weighted by Gasteiger charge is -2.24. The molecule has 176 valence electrons. The summed E-state index contributed by atoms with van der Waals surface area (Å²) in [6.07, 6.45) is 4.35. The van der Waals surface area contributed by atoms with Gasteiger partial charge in [-0.05, 0) is 55.9 Å². The van der Waals surface area contributed by atoms with Gasteiger partial charge in [0.05, 0.1) is 31.4 Å². The zero-order valence-electron chi connectivity index (χ0n) is 19.5. The van der Waals surface area contributed by atoms with E-state index in [2.05, 4.69) is 25.7 Å². The summed E-state index contributed by atoms with van der Waals surface area (Å²) in [6, 6.07) is 11.7. The van der Waals surface area contributed by atoms with Gasteiger partial charge in [0, 0.05) is 40.8 Å². The highest BCUT2D eigenvalue weighted by Crippen LogP contribution is 2.35.